The summed E-state index contributed by atoms with van der Waals surface area (Å²) in [5.41, 5.74) is 0.278. The van der Waals surface area contributed by atoms with Gasteiger partial charge >= 0.3 is 5.97 Å². The van der Waals surface area contributed by atoms with Crippen LogP contribution in [0.3, 0.4) is 0 Å². The third kappa shape index (κ3) is 2.67. The van der Waals surface area contributed by atoms with Crippen LogP contribution in [0, 0.1) is 0 Å². The number of ether oxygens (including phenoxy) is 1. The summed E-state index contributed by atoms with van der Waals surface area (Å²) < 4.78 is 5.24. The molecular formula is C11H17NO5S. The summed E-state index contributed by atoms with van der Waals surface area (Å²) >= 11 is 0. The van der Waals surface area contributed by atoms with Crippen LogP contribution in [0.2, 0.25) is 0 Å². The van der Waals surface area contributed by atoms with E-state index in [0.717, 1.165) is 11.5 Å². The van der Waals surface area contributed by atoms with Gasteiger partial charge < -0.3 is 9.57 Å². The zero-order valence-corrected chi connectivity index (χ0v) is 11.3. The number of imide groups is 1. The van der Waals surface area contributed by atoms with Gasteiger partial charge in [-0.1, -0.05) is 0 Å². The average Bonchev–Trinajstić information content (AvgIpc) is 2.92. The van der Waals surface area contributed by atoms with Crippen molar-refractivity contribution in [3.8, 4) is 0 Å². The Hall–Kier alpha value is -1.08. The fourth-order valence-corrected chi connectivity index (χ4v) is 4.81. The fraction of sp³-hybridized carbons (Fsp3) is 0.727. The van der Waals surface area contributed by atoms with Crippen LogP contribution in [-0.2, 0) is 24.0 Å². The number of nitrogens with zero attached hydrogens (tertiary/aromatic N) is 1. The van der Waals surface area contributed by atoms with Gasteiger partial charge in [-0.25, -0.2) is 14.8 Å². The molecule has 102 valence electrons. The first kappa shape index (κ1) is 13.4. The minimum absolute atomic E-state index is 0.126. The summed E-state index contributed by atoms with van der Waals surface area (Å²) in [7, 11) is 0.837. The molecular weight excluding hydrogens is 258 g/mol. The minimum Gasteiger partial charge on any atom is -0.372 e. The monoisotopic (exact) mass is 275 g/mol. The lowest BCUT2D eigenvalue weighted by atomic mass is 10.4. The standard InChI is InChI=1S/C11H17NO5S/c1-16-11-7-18(11,2)6-5-10(15)17-12-8(13)3-4-9(12)14/h11H,3-7H2,1-2H3. The van der Waals surface area contributed by atoms with Crippen LogP contribution in [0.4, 0.5) is 0 Å². The number of amides is 2. The molecule has 0 N–H and O–H groups in total. The summed E-state index contributed by atoms with van der Waals surface area (Å²) in [5.74, 6) is 0.342. The maximum Gasteiger partial charge on any atom is 0.333 e. The molecule has 2 atom stereocenters. The summed E-state index contributed by atoms with van der Waals surface area (Å²) in [5, 5.41) is 0.598. The highest BCUT2D eigenvalue weighted by molar-refractivity contribution is 8.39. The van der Waals surface area contributed by atoms with Crippen LogP contribution in [-0.4, -0.2) is 53.2 Å². The largest absolute Gasteiger partial charge is 0.372 e. The van der Waals surface area contributed by atoms with Crippen LogP contribution in [0.5, 0.6) is 0 Å². The highest BCUT2D eigenvalue weighted by Gasteiger charge is 2.45. The molecule has 2 aliphatic heterocycles. The molecule has 0 bridgehead atoms. The minimum atomic E-state index is -0.832. The summed E-state index contributed by atoms with van der Waals surface area (Å²) in [4.78, 5) is 38.8. The number of hydrogen-bond acceptors (Lipinski definition) is 5. The lowest BCUT2D eigenvalue weighted by Crippen LogP contribution is -2.32. The smallest absolute Gasteiger partial charge is 0.333 e. The van der Waals surface area contributed by atoms with Crippen molar-refractivity contribution in [1.29, 1.82) is 0 Å². The molecule has 0 aromatic heterocycles. The molecule has 2 saturated heterocycles. The van der Waals surface area contributed by atoms with E-state index in [1.165, 1.54) is 0 Å². The molecule has 0 radical (unpaired) electrons. The van der Waals surface area contributed by atoms with Crippen LogP contribution in [0.15, 0.2) is 0 Å². The van der Waals surface area contributed by atoms with Gasteiger partial charge in [-0.05, 0) is 12.0 Å². The van der Waals surface area contributed by atoms with Crippen molar-refractivity contribution in [2.75, 3.05) is 24.9 Å². The summed E-state index contributed by atoms with van der Waals surface area (Å²) in [6.45, 7) is 0. The second kappa shape index (κ2) is 4.89. The van der Waals surface area contributed by atoms with Gasteiger partial charge in [0.05, 0.1) is 11.9 Å². The van der Waals surface area contributed by atoms with E-state index < -0.39 is 27.8 Å². The number of methoxy groups -OCH3 is 1. The van der Waals surface area contributed by atoms with Crippen LogP contribution in [0.25, 0.3) is 0 Å². The maximum absolute atomic E-state index is 11.6. The van der Waals surface area contributed by atoms with Crippen LogP contribution < -0.4 is 0 Å². The van der Waals surface area contributed by atoms with Crippen molar-refractivity contribution in [1.82, 2.24) is 5.06 Å². The number of hydroxylamine groups is 2. The molecule has 2 rings (SSSR count). The number of carbonyl (C=O) groups excluding carboxylic acids is 3. The Kier molecular flexibility index (Phi) is 3.63. The van der Waals surface area contributed by atoms with Crippen molar-refractivity contribution in [2.45, 2.75) is 24.7 Å². The molecule has 0 saturated carbocycles. The average molecular weight is 275 g/mol. The van der Waals surface area contributed by atoms with E-state index in [4.69, 9.17) is 9.57 Å². The molecule has 2 amide bonds. The molecule has 2 unspecified atom stereocenters. The molecule has 7 heteroatoms. The predicted molar refractivity (Wildman–Crippen MR) is 65.8 cm³/mol. The fourth-order valence-electron chi connectivity index (χ4n) is 1.91. The van der Waals surface area contributed by atoms with Crippen molar-refractivity contribution in [3.05, 3.63) is 0 Å². The number of hydrogen-bond donors (Lipinski definition) is 0. The number of rotatable bonds is 5. The van der Waals surface area contributed by atoms with E-state index in [0.29, 0.717) is 5.06 Å². The first-order valence-corrected chi connectivity index (χ1v) is 8.22. The van der Waals surface area contributed by atoms with Crippen molar-refractivity contribution >= 4 is 27.8 Å². The third-order valence-electron chi connectivity index (χ3n) is 3.27. The molecule has 0 aromatic carbocycles. The van der Waals surface area contributed by atoms with Crippen molar-refractivity contribution in [3.63, 3.8) is 0 Å². The van der Waals surface area contributed by atoms with Gasteiger partial charge in [0, 0.05) is 25.7 Å². The Labute approximate surface area is 107 Å². The topological polar surface area (TPSA) is 72.9 Å². The third-order valence-corrected chi connectivity index (χ3v) is 6.67. The zero-order valence-electron chi connectivity index (χ0n) is 10.5. The van der Waals surface area contributed by atoms with E-state index >= 15 is 0 Å². The van der Waals surface area contributed by atoms with Crippen molar-refractivity contribution < 1.29 is 24.0 Å². The molecule has 18 heavy (non-hydrogen) atoms. The van der Waals surface area contributed by atoms with Gasteiger partial charge in [-0.2, -0.15) is 0 Å². The molecule has 6 nitrogen and oxygen atoms in total. The van der Waals surface area contributed by atoms with E-state index in [2.05, 4.69) is 6.26 Å². The van der Waals surface area contributed by atoms with Crippen LogP contribution in [0.1, 0.15) is 19.3 Å². The van der Waals surface area contributed by atoms with Crippen molar-refractivity contribution in [2.24, 2.45) is 0 Å². The Bertz CT molecular complexity index is 383. The molecule has 2 heterocycles. The van der Waals surface area contributed by atoms with Crippen LogP contribution >= 0.6 is 10.0 Å². The highest BCUT2D eigenvalue weighted by Crippen LogP contribution is 2.65. The second-order valence-corrected chi connectivity index (χ2v) is 8.65. The quantitative estimate of drug-likeness (QED) is 0.536. The molecule has 0 spiro atoms. The van der Waals surface area contributed by atoms with Gasteiger partial charge in [-0.3, -0.25) is 9.59 Å². The van der Waals surface area contributed by atoms with Gasteiger partial charge in [0.1, 0.15) is 0 Å². The van der Waals surface area contributed by atoms with E-state index in [1.807, 2.05) is 0 Å². The summed E-state index contributed by atoms with van der Waals surface area (Å²) in [6.07, 6.45) is 2.60. The molecule has 2 fully saturated rings. The van der Waals surface area contributed by atoms with Gasteiger partial charge in [0.25, 0.3) is 11.8 Å². The maximum atomic E-state index is 11.6. The van der Waals surface area contributed by atoms with Gasteiger partial charge in [0.2, 0.25) is 0 Å². The lowest BCUT2D eigenvalue weighted by Gasteiger charge is -2.16. The van der Waals surface area contributed by atoms with E-state index in [1.54, 1.807) is 7.11 Å². The molecule has 0 aromatic rings. The zero-order chi connectivity index (χ0) is 13.3. The lowest BCUT2D eigenvalue weighted by molar-refractivity contribution is -0.197. The predicted octanol–water partition coefficient (Wildman–Crippen LogP) is 0.404. The van der Waals surface area contributed by atoms with Gasteiger partial charge in [0.15, 0.2) is 0 Å². The Morgan fingerprint density at radius 1 is 1.39 bits per heavy atom. The van der Waals surface area contributed by atoms with Gasteiger partial charge in [-0.15, -0.1) is 5.06 Å². The Morgan fingerprint density at radius 2 is 2.00 bits per heavy atom. The van der Waals surface area contributed by atoms with E-state index in [9.17, 15) is 14.4 Å². The molecule has 0 aliphatic carbocycles. The highest BCUT2D eigenvalue weighted by atomic mass is 32.3. The first-order chi connectivity index (χ1) is 8.46. The van der Waals surface area contributed by atoms with E-state index in [-0.39, 0.29) is 24.7 Å². The SMILES string of the molecule is COC1CS1(C)CCC(=O)ON1C(=O)CCC1=O. The summed E-state index contributed by atoms with van der Waals surface area (Å²) in [6, 6.07) is 0. The Morgan fingerprint density at radius 3 is 2.50 bits per heavy atom. The second-order valence-electron chi connectivity index (χ2n) is 4.68. The first-order valence-electron chi connectivity index (χ1n) is 5.78. The normalized spacial score (nSPS) is 34.3. The number of carbonyl (C=O) groups is 3. The molecule has 2 aliphatic rings. The Balaban J connectivity index is 1.76.